The van der Waals surface area contributed by atoms with Gasteiger partial charge >= 0.3 is 0 Å². The molecule has 0 aromatic heterocycles. The van der Waals surface area contributed by atoms with Crippen molar-refractivity contribution < 1.29 is 18.0 Å². The lowest BCUT2D eigenvalue weighted by molar-refractivity contribution is -0.116. The molecule has 0 radical (unpaired) electrons. The van der Waals surface area contributed by atoms with Crippen molar-refractivity contribution in [3.05, 3.63) is 53.6 Å². The molecule has 1 saturated heterocycles. The van der Waals surface area contributed by atoms with Crippen LogP contribution in [0.15, 0.2) is 47.4 Å². The predicted octanol–water partition coefficient (Wildman–Crippen LogP) is 3.02. The van der Waals surface area contributed by atoms with Crippen molar-refractivity contribution in [2.24, 2.45) is 0 Å². The van der Waals surface area contributed by atoms with E-state index in [4.69, 9.17) is 0 Å². The molecule has 1 N–H and O–H groups in total. The quantitative estimate of drug-likeness (QED) is 0.813. The molecular weight excluding hydrogens is 402 g/mol. The summed E-state index contributed by atoms with van der Waals surface area (Å²) in [5.74, 6) is -0.329. The van der Waals surface area contributed by atoms with Crippen molar-refractivity contribution in [1.82, 2.24) is 4.31 Å². The maximum absolute atomic E-state index is 12.9. The highest BCUT2D eigenvalue weighted by molar-refractivity contribution is 7.89. The minimum absolute atomic E-state index is 0.0160. The minimum Gasteiger partial charge on any atom is -0.322 e. The molecule has 8 heteroatoms. The summed E-state index contributed by atoms with van der Waals surface area (Å²) >= 11 is 0. The number of nitrogens with zero attached hydrogens (tertiary/aromatic N) is 2. The van der Waals surface area contributed by atoms with Crippen molar-refractivity contribution in [3.8, 4) is 0 Å². The van der Waals surface area contributed by atoms with Crippen molar-refractivity contribution in [2.45, 2.75) is 37.5 Å². The maximum atomic E-state index is 12.9. The first-order valence-electron chi connectivity index (χ1n) is 10.2. The smallest absolute Gasteiger partial charge is 0.255 e. The van der Waals surface area contributed by atoms with Gasteiger partial charge in [-0.2, -0.15) is 4.31 Å². The van der Waals surface area contributed by atoms with E-state index >= 15 is 0 Å². The molecule has 2 aliphatic heterocycles. The number of fused-ring (bicyclic) bond motifs is 1. The Labute approximate surface area is 176 Å². The average molecular weight is 428 g/mol. The molecule has 158 valence electrons. The highest BCUT2D eigenvalue weighted by Crippen LogP contribution is 2.29. The summed E-state index contributed by atoms with van der Waals surface area (Å²) in [4.78, 5) is 26.3. The van der Waals surface area contributed by atoms with E-state index in [0.717, 1.165) is 30.5 Å². The van der Waals surface area contributed by atoms with Crippen LogP contribution in [0.1, 0.15) is 42.1 Å². The first-order chi connectivity index (χ1) is 14.4. The zero-order valence-electron chi connectivity index (χ0n) is 16.9. The van der Waals surface area contributed by atoms with E-state index in [2.05, 4.69) is 5.32 Å². The third-order valence-electron chi connectivity index (χ3n) is 5.66. The van der Waals surface area contributed by atoms with Crippen molar-refractivity contribution in [1.29, 1.82) is 0 Å². The zero-order valence-corrected chi connectivity index (χ0v) is 17.7. The Morgan fingerprint density at radius 1 is 0.967 bits per heavy atom. The highest BCUT2D eigenvalue weighted by atomic mass is 32.2. The fourth-order valence-electron chi connectivity index (χ4n) is 4.06. The lowest BCUT2D eigenvalue weighted by Gasteiger charge is -2.26. The van der Waals surface area contributed by atoms with Gasteiger partial charge in [-0.1, -0.05) is 12.5 Å². The van der Waals surface area contributed by atoms with E-state index in [-0.39, 0.29) is 16.7 Å². The second-order valence-corrected chi connectivity index (χ2v) is 9.65. The Bertz CT molecular complexity index is 1090. The number of sulfonamides is 1. The molecule has 0 spiro atoms. The summed E-state index contributed by atoms with van der Waals surface area (Å²) in [7, 11) is -3.56. The molecule has 30 heavy (non-hydrogen) atoms. The van der Waals surface area contributed by atoms with Crippen LogP contribution in [-0.2, 0) is 21.2 Å². The monoisotopic (exact) mass is 427 g/mol. The van der Waals surface area contributed by atoms with Crippen LogP contribution in [-0.4, -0.2) is 44.2 Å². The average Bonchev–Trinajstić information content (AvgIpc) is 3.18. The Balaban J connectivity index is 1.52. The van der Waals surface area contributed by atoms with Gasteiger partial charge in [-0.25, -0.2) is 8.42 Å². The molecular formula is C22H25N3O4S. The van der Waals surface area contributed by atoms with Gasteiger partial charge in [0.05, 0.1) is 4.90 Å². The van der Waals surface area contributed by atoms with Gasteiger partial charge in [0.2, 0.25) is 15.9 Å². The van der Waals surface area contributed by atoms with Crippen LogP contribution < -0.4 is 10.2 Å². The number of rotatable bonds is 4. The summed E-state index contributed by atoms with van der Waals surface area (Å²) in [6.45, 7) is 3.21. The number of anilines is 2. The van der Waals surface area contributed by atoms with Gasteiger partial charge in [0.1, 0.15) is 0 Å². The minimum atomic E-state index is -3.56. The van der Waals surface area contributed by atoms with Crippen LogP contribution in [0.5, 0.6) is 0 Å². The Morgan fingerprint density at radius 2 is 1.73 bits per heavy atom. The summed E-state index contributed by atoms with van der Waals surface area (Å²) in [6.07, 6.45) is 3.50. The SMILES string of the molecule is CC(=O)N1CCc2cc(C(=O)Nc3cccc(S(=O)(=O)N4CCCCC4)c3)ccc21. The first kappa shape index (κ1) is 20.6. The summed E-state index contributed by atoms with van der Waals surface area (Å²) < 4.78 is 27.3. The second kappa shape index (κ2) is 8.20. The van der Waals surface area contributed by atoms with Crippen molar-refractivity contribution in [3.63, 3.8) is 0 Å². The molecule has 4 rings (SSSR count). The largest absolute Gasteiger partial charge is 0.322 e. The molecule has 2 amide bonds. The molecule has 0 atom stereocenters. The topological polar surface area (TPSA) is 86.8 Å². The van der Waals surface area contributed by atoms with Gasteiger partial charge in [-0.3, -0.25) is 9.59 Å². The number of carbonyl (C=O) groups is 2. The van der Waals surface area contributed by atoms with E-state index in [1.54, 1.807) is 41.3 Å². The van der Waals surface area contributed by atoms with Crippen LogP contribution in [0, 0.1) is 0 Å². The lowest BCUT2D eigenvalue weighted by atomic mass is 10.1. The molecule has 7 nitrogen and oxygen atoms in total. The van der Waals surface area contributed by atoms with Gasteiger partial charge in [-0.15, -0.1) is 0 Å². The lowest BCUT2D eigenvalue weighted by Crippen LogP contribution is -2.35. The standard InChI is InChI=1S/C22H25N3O4S/c1-16(26)25-13-10-17-14-18(8-9-21(17)25)22(27)23-19-6-5-7-20(15-19)30(28,29)24-11-3-2-4-12-24/h5-9,14-15H,2-4,10-13H2,1H3,(H,23,27). The van der Waals surface area contributed by atoms with Crippen LogP contribution >= 0.6 is 0 Å². The molecule has 2 heterocycles. The van der Waals surface area contributed by atoms with E-state index in [1.165, 1.54) is 17.3 Å². The molecule has 0 bridgehead atoms. The van der Waals surface area contributed by atoms with Gasteiger partial charge in [-0.05, 0) is 61.2 Å². The molecule has 0 saturated carbocycles. The van der Waals surface area contributed by atoms with Crippen molar-refractivity contribution in [2.75, 3.05) is 29.9 Å². The fraction of sp³-hybridized carbons (Fsp3) is 0.364. The number of hydrogen-bond donors (Lipinski definition) is 1. The van der Waals surface area contributed by atoms with E-state index in [0.29, 0.717) is 37.3 Å². The predicted molar refractivity (Wildman–Crippen MR) is 115 cm³/mol. The van der Waals surface area contributed by atoms with Crippen LogP contribution in [0.3, 0.4) is 0 Å². The fourth-order valence-corrected chi connectivity index (χ4v) is 5.63. The molecule has 0 aliphatic carbocycles. The Kier molecular flexibility index (Phi) is 5.62. The summed E-state index contributed by atoms with van der Waals surface area (Å²) in [6, 6.07) is 11.7. The van der Waals surface area contributed by atoms with Crippen LogP contribution in [0.25, 0.3) is 0 Å². The number of benzene rings is 2. The summed E-state index contributed by atoms with van der Waals surface area (Å²) in [5.41, 5.74) is 2.71. The third-order valence-corrected chi connectivity index (χ3v) is 7.56. The molecule has 1 fully saturated rings. The van der Waals surface area contributed by atoms with E-state index in [1.807, 2.05) is 0 Å². The number of carbonyl (C=O) groups excluding carboxylic acids is 2. The van der Waals surface area contributed by atoms with Crippen molar-refractivity contribution >= 4 is 33.2 Å². The molecule has 0 unspecified atom stereocenters. The number of amides is 2. The molecule has 2 aromatic rings. The normalized spacial score (nSPS) is 16.9. The molecule has 2 aromatic carbocycles. The maximum Gasteiger partial charge on any atom is 0.255 e. The first-order valence-corrected chi connectivity index (χ1v) is 11.6. The second-order valence-electron chi connectivity index (χ2n) is 7.71. The number of hydrogen-bond acceptors (Lipinski definition) is 4. The van der Waals surface area contributed by atoms with Gasteiger partial charge in [0, 0.05) is 43.5 Å². The van der Waals surface area contributed by atoms with Crippen LogP contribution in [0.4, 0.5) is 11.4 Å². The summed E-state index contributed by atoms with van der Waals surface area (Å²) in [5, 5.41) is 2.80. The van der Waals surface area contributed by atoms with Gasteiger partial charge in [0.25, 0.3) is 5.91 Å². The highest BCUT2D eigenvalue weighted by Gasteiger charge is 2.26. The van der Waals surface area contributed by atoms with Gasteiger partial charge in [0.15, 0.2) is 0 Å². The third kappa shape index (κ3) is 3.97. The van der Waals surface area contributed by atoms with E-state index in [9.17, 15) is 18.0 Å². The molecule has 2 aliphatic rings. The Morgan fingerprint density at radius 3 is 2.47 bits per heavy atom. The Hall–Kier alpha value is -2.71. The number of piperidine rings is 1. The van der Waals surface area contributed by atoms with E-state index < -0.39 is 10.0 Å². The number of nitrogens with one attached hydrogen (secondary N) is 1. The van der Waals surface area contributed by atoms with Crippen LogP contribution in [0.2, 0.25) is 0 Å². The van der Waals surface area contributed by atoms with Gasteiger partial charge < -0.3 is 10.2 Å². The zero-order chi connectivity index (χ0) is 21.3.